The Kier molecular flexibility index (Phi) is 5.11. The van der Waals surface area contributed by atoms with Crippen LogP contribution in [-0.4, -0.2) is 41.4 Å². The Balaban J connectivity index is 1.38. The molecule has 1 saturated heterocycles. The maximum absolute atomic E-state index is 12.6. The van der Waals surface area contributed by atoms with Gasteiger partial charge in [0.1, 0.15) is 5.75 Å². The number of carbonyl (C=O) groups is 2. The predicted octanol–water partition coefficient (Wildman–Crippen LogP) is 3.55. The third-order valence-electron chi connectivity index (χ3n) is 5.41. The van der Waals surface area contributed by atoms with Gasteiger partial charge in [-0.1, -0.05) is 12.8 Å². The van der Waals surface area contributed by atoms with Crippen molar-refractivity contribution >= 4 is 28.3 Å². The highest BCUT2D eigenvalue weighted by atomic mass is 32.1. The summed E-state index contributed by atoms with van der Waals surface area (Å²) in [6, 6.07) is 7.98. The summed E-state index contributed by atoms with van der Waals surface area (Å²) < 4.78 is 5.17. The van der Waals surface area contributed by atoms with Crippen LogP contribution >= 0.6 is 11.3 Å². The van der Waals surface area contributed by atoms with Crippen LogP contribution in [0.3, 0.4) is 0 Å². The highest BCUT2D eigenvalue weighted by Crippen LogP contribution is 2.31. The lowest BCUT2D eigenvalue weighted by Gasteiger charge is -2.23. The van der Waals surface area contributed by atoms with E-state index in [1.54, 1.807) is 7.11 Å². The van der Waals surface area contributed by atoms with Crippen molar-refractivity contribution in [1.82, 2.24) is 9.88 Å². The van der Waals surface area contributed by atoms with Gasteiger partial charge >= 0.3 is 0 Å². The zero-order valence-electron chi connectivity index (χ0n) is 15.3. The van der Waals surface area contributed by atoms with Crippen LogP contribution in [0.15, 0.2) is 29.6 Å². The first-order chi connectivity index (χ1) is 13.1. The minimum Gasteiger partial charge on any atom is -0.497 e. The maximum atomic E-state index is 12.6. The van der Waals surface area contributed by atoms with E-state index in [4.69, 9.17) is 4.74 Å². The lowest BCUT2D eigenvalue weighted by Crippen LogP contribution is -2.35. The molecule has 0 bridgehead atoms. The normalized spacial score (nSPS) is 20.3. The lowest BCUT2D eigenvalue weighted by atomic mass is 10.1. The summed E-state index contributed by atoms with van der Waals surface area (Å²) in [5.41, 5.74) is 1.78. The fourth-order valence-corrected chi connectivity index (χ4v) is 4.63. The molecule has 27 heavy (non-hydrogen) atoms. The van der Waals surface area contributed by atoms with Gasteiger partial charge in [0.05, 0.1) is 18.7 Å². The molecule has 1 saturated carbocycles. The van der Waals surface area contributed by atoms with Crippen molar-refractivity contribution in [2.75, 3.05) is 19.0 Å². The Bertz CT molecular complexity index is 827. The van der Waals surface area contributed by atoms with Crippen molar-refractivity contribution in [3.05, 3.63) is 29.6 Å². The first-order valence-electron chi connectivity index (χ1n) is 9.34. The van der Waals surface area contributed by atoms with E-state index in [1.165, 1.54) is 24.2 Å². The summed E-state index contributed by atoms with van der Waals surface area (Å²) in [5.74, 6) is 0.506. The number of nitrogens with one attached hydrogen (secondary N) is 1. The summed E-state index contributed by atoms with van der Waals surface area (Å²) in [4.78, 5) is 31.3. The third-order valence-corrected chi connectivity index (χ3v) is 6.17. The van der Waals surface area contributed by atoms with Crippen molar-refractivity contribution in [2.45, 2.75) is 38.1 Å². The first kappa shape index (κ1) is 18.0. The molecular weight excluding hydrogens is 362 g/mol. The second-order valence-electron chi connectivity index (χ2n) is 7.14. The number of hydrogen-bond donors (Lipinski definition) is 1. The van der Waals surface area contributed by atoms with Crippen LogP contribution in [0.1, 0.15) is 32.1 Å². The first-order valence-corrected chi connectivity index (χ1v) is 10.2. The molecule has 7 heteroatoms. The van der Waals surface area contributed by atoms with Gasteiger partial charge in [0.2, 0.25) is 11.8 Å². The van der Waals surface area contributed by atoms with Crippen molar-refractivity contribution in [1.29, 1.82) is 0 Å². The van der Waals surface area contributed by atoms with Crippen LogP contribution in [-0.2, 0) is 9.59 Å². The zero-order chi connectivity index (χ0) is 18.8. The molecule has 2 heterocycles. The second kappa shape index (κ2) is 7.68. The van der Waals surface area contributed by atoms with Crippen molar-refractivity contribution in [2.24, 2.45) is 5.92 Å². The molecule has 0 spiro atoms. The van der Waals surface area contributed by atoms with E-state index in [-0.39, 0.29) is 17.7 Å². The molecule has 1 aromatic carbocycles. The van der Waals surface area contributed by atoms with Gasteiger partial charge in [-0.15, -0.1) is 11.3 Å². The highest BCUT2D eigenvalue weighted by molar-refractivity contribution is 7.14. The molecule has 0 radical (unpaired) electrons. The molecule has 1 aromatic heterocycles. The molecule has 2 amide bonds. The van der Waals surface area contributed by atoms with Gasteiger partial charge in [-0.25, -0.2) is 4.98 Å². The summed E-state index contributed by atoms with van der Waals surface area (Å²) in [6.45, 7) is 0.534. The molecule has 0 unspecified atom stereocenters. The molecule has 1 aliphatic carbocycles. The third kappa shape index (κ3) is 3.83. The van der Waals surface area contributed by atoms with E-state index >= 15 is 0 Å². The van der Waals surface area contributed by atoms with E-state index in [1.807, 2.05) is 34.5 Å². The molecular formula is C20H23N3O3S. The number of hydrogen-bond acceptors (Lipinski definition) is 5. The Morgan fingerprint density at radius 3 is 2.70 bits per heavy atom. The molecule has 1 atom stereocenters. The number of ether oxygens (including phenoxy) is 1. The van der Waals surface area contributed by atoms with Crippen LogP contribution in [0.25, 0.3) is 11.3 Å². The van der Waals surface area contributed by atoms with E-state index in [0.717, 1.165) is 29.8 Å². The summed E-state index contributed by atoms with van der Waals surface area (Å²) in [5, 5.41) is 5.38. The van der Waals surface area contributed by atoms with Crippen LogP contribution in [0.5, 0.6) is 5.75 Å². The summed E-state index contributed by atoms with van der Waals surface area (Å²) in [6.07, 6.45) is 4.80. The molecule has 142 valence electrons. The maximum Gasteiger partial charge on any atom is 0.231 e. The van der Waals surface area contributed by atoms with Gasteiger partial charge in [-0.05, 0) is 37.1 Å². The van der Waals surface area contributed by atoms with Crippen LogP contribution in [0, 0.1) is 5.92 Å². The monoisotopic (exact) mass is 385 g/mol. The molecule has 1 N–H and O–H groups in total. The number of methoxy groups -OCH3 is 1. The van der Waals surface area contributed by atoms with E-state index in [0.29, 0.717) is 24.1 Å². The number of benzene rings is 1. The standard InChI is InChI=1S/C20H23N3O3S/c1-26-16-8-6-13(7-9-16)17-12-27-20(21-17)22-19(25)14-10-18(24)23(11-14)15-4-2-3-5-15/h6-9,12,14-15H,2-5,10-11H2,1H3,(H,21,22,25)/t14-/m1/s1. The smallest absolute Gasteiger partial charge is 0.231 e. The molecule has 1 aliphatic heterocycles. The van der Waals surface area contributed by atoms with Gasteiger partial charge in [0.25, 0.3) is 0 Å². The van der Waals surface area contributed by atoms with Crippen molar-refractivity contribution in [3.63, 3.8) is 0 Å². The minimum absolute atomic E-state index is 0.111. The van der Waals surface area contributed by atoms with Crippen LogP contribution < -0.4 is 10.1 Å². The van der Waals surface area contributed by atoms with Gasteiger partial charge in [0, 0.05) is 30.0 Å². The molecule has 4 rings (SSSR count). The number of aromatic nitrogens is 1. The van der Waals surface area contributed by atoms with Crippen LogP contribution in [0.2, 0.25) is 0 Å². The second-order valence-corrected chi connectivity index (χ2v) is 8.00. The average molecular weight is 385 g/mol. The Morgan fingerprint density at radius 1 is 1.26 bits per heavy atom. The Morgan fingerprint density at radius 2 is 2.00 bits per heavy atom. The molecule has 6 nitrogen and oxygen atoms in total. The number of amides is 2. The van der Waals surface area contributed by atoms with Crippen LogP contribution in [0.4, 0.5) is 5.13 Å². The number of likely N-dealkylation sites (tertiary alicyclic amines) is 1. The topological polar surface area (TPSA) is 71.5 Å². The largest absolute Gasteiger partial charge is 0.497 e. The SMILES string of the molecule is COc1ccc(-c2csc(NC(=O)[C@@H]3CC(=O)N(C4CCCC4)C3)n2)cc1. The van der Waals surface area contributed by atoms with Gasteiger partial charge < -0.3 is 15.0 Å². The summed E-state index contributed by atoms with van der Waals surface area (Å²) in [7, 11) is 1.63. The van der Waals surface area contributed by atoms with Gasteiger partial charge in [0.15, 0.2) is 5.13 Å². The number of carbonyl (C=O) groups excluding carboxylic acids is 2. The number of rotatable bonds is 5. The van der Waals surface area contributed by atoms with Crippen molar-refractivity contribution in [3.8, 4) is 17.0 Å². The highest BCUT2D eigenvalue weighted by Gasteiger charge is 2.38. The number of thiazole rings is 1. The Labute approximate surface area is 162 Å². The zero-order valence-corrected chi connectivity index (χ0v) is 16.1. The quantitative estimate of drug-likeness (QED) is 0.854. The fraction of sp³-hybridized carbons (Fsp3) is 0.450. The van der Waals surface area contributed by atoms with Gasteiger partial charge in [-0.2, -0.15) is 0 Å². The van der Waals surface area contributed by atoms with E-state index in [9.17, 15) is 9.59 Å². The lowest BCUT2D eigenvalue weighted by molar-refractivity contribution is -0.129. The molecule has 2 aromatic rings. The van der Waals surface area contributed by atoms with E-state index < -0.39 is 0 Å². The predicted molar refractivity (Wildman–Crippen MR) is 105 cm³/mol. The molecule has 2 aliphatic rings. The van der Waals surface area contributed by atoms with Crippen molar-refractivity contribution < 1.29 is 14.3 Å². The number of nitrogens with zero attached hydrogens (tertiary/aromatic N) is 2. The minimum atomic E-state index is -0.286. The molecule has 2 fully saturated rings. The summed E-state index contributed by atoms with van der Waals surface area (Å²) >= 11 is 1.40. The van der Waals surface area contributed by atoms with E-state index in [2.05, 4.69) is 10.3 Å². The van der Waals surface area contributed by atoms with Gasteiger partial charge in [-0.3, -0.25) is 9.59 Å². The Hall–Kier alpha value is -2.41. The fourth-order valence-electron chi connectivity index (χ4n) is 3.91. The average Bonchev–Trinajstić information content (AvgIpc) is 3.42. The number of anilines is 1.